The molecule has 0 aliphatic carbocycles. The lowest BCUT2D eigenvalue weighted by Crippen LogP contribution is -2.37. The minimum Gasteiger partial charge on any atom is -0.481 e. The number of hydrogen-bond donors (Lipinski definition) is 2. The molecule has 1 aliphatic rings. The number of carboxylic acid groups (broad SMARTS) is 1. The summed E-state index contributed by atoms with van der Waals surface area (Å²) in [6, 6.07) is 5.12. The van der Waals surface area contributed by atoms with E-state index in [2.05, 4.69) is 5.32 Å². The van der Waals surface area contributed by atoms with Crippen molar-refractivity contribution in [2.24, 2.45) is 0 Å². The maximum Gasteiger partial charge on any atom is 0.317 e. The molecule has 1 aromatic carbocycles. The van der Waals surface area contributed by atoms with Crippen LogP contribution in [-0.4, -0.2) is 42.4 Å². The van der Waals surface area contributed by atoms with Crippen LogP contribution in [0.25, 0.3) is 0 Å². The zero-order valence-electron chi connectivity index (χ0n) is 11.1. The third kappa shape index (κ3) is 3.53. The van der Waals surface area contributed by atoms with Gasteiger partial charge in [0.25, 0.3) is 0 Å². The number of carboxylic acids is 1. The van der Waals surface area contributed by atoms with Gasteiger partial charge in [0.05, 0.1) is 6.42 Å². The molecule has 0 atom stereocenters. The normalized spacial score (nSPS) is 12.1. The maximum atomic E-state index is 11.7. The molecule has 20 heavy (non-hydrogen) atoms. The van der Waals surface area contributed by atoms with E-state index in [0.29, 0.717) is 18.0 Å². The van der Waals surface area contributed by atoms with Crippen molar-refractivity contribution in [3.05, 3.63) is 23.8 Å². The predicted octanol–water partition coefficient (Wildman–Crippen LogP) is 1.03. The summed E-state index contributed by atoms with van der Waals surface area (Å²) in [7, 11) is 1.55. The van der Waals surface area contributed by atoms with Crippen LogP contribution >= 0.6 is 0 Å². The lowest BCUT2D eigenvalue weighted by Gasteiger charge is -2.17. The average Bonchev–Trinajstić information content (AvgIpc) is 2.89. The van der Waals surface area contributed by atoms with Crippen LogP contribution in [0, 0.1) is 0 Å². The molecule has 0 saturated heterocycles. The van der Waals surface area contributed by atoms with Gasteiger partial charge in [-0.2, -0.15) is 0 Å². The van der Waals surface area contributed by atoms with Crippen LogP contribution in [0.4, 0.5) is 4.79 Å². The number of aliphatic carboxylic acids is 1. The van der Waals surface area contributed by atoms with Gasteiger partial charge in [-0.05, 0) is 17.7 Å². The van der Waals surface area contributed by atoms with Gasteiger partial charge in [0.1, 0.15) is 0 Å². The number of carbonyl (C=O) groups excluding carboxylic acids is 1. The number of rotatable bonds is 5. The summed E-state index contributed by atoms with van der Waals surface area (Å²) in [6.07, 6.45) is -0.0755. The molecule has 2 rings (SSSR count). The third-order valence-electron chi connectivity index (χ3n) is 2.89. The van der Waals surface area contributed by atoms with Crippen LogP contribution in [0.2, 0.25) is 0 Å². The lowest BCUT2D eigenvalue weighted by atomic mass is 10.2. The summed E-state index contributed by atoms with van der Waals surface area (Å²) in [5.74, 6) is 0.426. The van der Waals surface area contributed by atoms with Gasteiger partial charge in [-0.15, -0.1) is 0 Å². The third-order valence-corrected chi connectivity index (χ3v) is 2.89. The van der Waals surface area contributed by atoms with E-state index in [9.17, 15) is 9.59 Å². The van der Waals surface area contributed by atoms with Crippen molar-refractivity contribution in [2.75, 3.05) is 20.4 Å². The zero-order valence-corrected chi connectivity index (χ0v) is 11.1. The number of benzene rings is 1. The largest absolute Gasteiger partial charge is 0.481 e. The number of fused-ring (bicyclic) bond motifs is 1. The Morgan fingerprint density at radius 1 is 1.35 bits per heavy atom. The molecule has 0 saturated carbocycles. The fraction of sp³-hybridized carbons (Fsp3) is 0.385. The number of hydrogen-bond acceptors (Lipinski definition) is 4. The summed E-state index contributed by atoms with van der Waals surface area (Å²) >= 11 is 0. The second-order valence-electron chi connectivity index (χ2n) is 4.41. The zero-order chi connectivity index (χ0) is 14.5. The van der Waals surface area contributed by atoms with E-state index >= 15 is 0 Å². The van der Waals surface area contributed by atoms with E-state index in [-0.39, 0.29) is 25.8 Å². The fourth-order valence-electron chi connectivity index (χ4n) is 1.73. The van der Waals surface area contributed by atoms with E-state index in [0.717, 1.165) is 5.56 Å². The van der Waals surface area contributed by atoms with Crippen molar-refractivity contribution in [1.29, 1.82) is 0 Å². The fourth-order valence-corrected chi connectivity index (χ4v) is 1.73. The molecular weight excluding hydrogens is 264 g/mol. The highest BCUT2D eigenvalue weighted by atomic mass is 16.7. The Labute approximate surface area is 116 Å². The Bertz CT molecular complexity index is 517. The molecule has 0 aromatic heterocycles. The Kier molecular flexibility index (Phi) is 4.29. The van der Waals surface area contributed by atoms with Crippen molar-refractivity contribution in [3.63, 3.8) is 0 Å². The molecule has 0 unspecified atom stereocenters. The quantitative estimate of drug-likeness (QED) is 0.841. The SMILES string of the molecule is CN(CCC(=O)O)C(=O)NCc1ccc2c(c1)OCO2. The number of ether oxygens (including phenoxy) is 2. The highest BCUT2D eigenvalue weighted by molar-refractivity contribution is 5.75. The average molecular weight is 280 g/mol. The molecule has 0 bridgehead atoms. The maximum absolute atomic E-state index is 11.7. The molecule has 0 radical (unpaired) electrons. The van der Waals surface area contributed by atoms with Crippen molar-refractivity contribution in [3.8, 4) is 11.5 Å². The molecule has 1 heterocycles. The van der Waals surface area contributed by atoms with Gasteiger partial charge in [-0.1, -0.05) is 6.07 Å². The topological polar surface area (TPSA) is 88.1 Å². The molecule has 0 fully saturated rings. The van der Waals surface area contributed by atoms with Crippen LogP contribution in [0.5, 0.6) is 11.5 Å². The Morgan fingerprint density at radius 3 is 2.85 bits per heavy atom. The first-order valence-electron chi connectivity index (χ1n) is 6.15. The van der Waals surface area contributed by atoms with Gasteiger partial charge in [-0.25, -0.2) is 4.79 Å². The standard InChI is InChI=1S/C13H16N2O5/c1-15(5-4-12(16)17)13(18)14-7-9-2-3-10-11(6-9)20-8-19-10/h2-3,6H,4-5,7-8H2,1H3,(H,14,18)(H,16,17). The summed E-state index contributed by atoms with van der Waals surface area (Å²) < 4.78 is 10.4. The van der Waals surface area contributed by atoms with Gasteiger partial charge in [0.15, 0.2) is 11.5 Å². The first kappa shape index (κ1) is 14.0. The van der Waals surface area contributed by atoms with Crippen LogP contribution in [-0.2, 0) is 11.3 Å². The summed E-state index contributed by atoms with van der Waals surface area (Å²) in [5, 5.41) is 11.3. The number of carbonyl (C=O) groups is 2. The van der Waals surface area contributed by atoms with E-state index in [4.69, 9.17) is 14.6 Å². The molecular formula is C13H16N2O5. The van der Waals surface area contributed by atoms with Gasteiger partial charge in [0.2, 0.25) is 6.79 Å². The molecule has 2 amide bonds. The summed E-state index contributed by atoms with van der Waals surface area (Å²) in [6.45, 7) is 0.720. The van der Waals surface area contributed by atoms with Crippen molar-refractivity contribution in [2.45, 2.75) is 13.0 Å². The first-order chi connectivity index (χ1) is 9.56. The monoisotopic (exact) mass is 280 g/mol. The van der Waals surface area contributed by atoms with Gasteiger partial charge >= 0.3 is 12.0 Å². The highest BCUT2D eigenvalue weighted by Crippen LogP contribution is 2.32. The van der Waals surface area contributed by atoms with Gasteiger partial charge in [0, 0.05) is 20.1 Å². The summed E-state index contributed by atoms with van der Waals surface area (Å²) in [4.78, 5) is 23.5. The molecule has 1 aliphatic heterocycles. The molecule has 0 spiro atoms. The number of urea groups is 1. The lowest BCUT2D eigenvalue weighted by molar-refractivity contribution is -0.137. The number of nitrogens with one attached hydrogen (secondary N) is 1. The van der Waals surface area contributed by atoms with Crippen LogP contribution in [0.3, 0.4) is 0 Å². The van der Waals surface area contributed by atoms with E-state index in [1.165, 1.54) is 4.90 Å². The Balaban J connectivity index is 1.82. The highest BCUT2D eigenvalue weighted by Gasteiger charge is 2.14. The molecule has 108 valence electrons. The van der Waals surface area contributed by atoms with Gasteiger partial charge in [-0.3, -0.25) is 4.79 Å². The van der Waals surface area contributed by atoms with Crippen molar-refractivity contribution >= 4 is 12.0 Å². The van der Waals surface area contributed by atoms with Gasteiger partial charge < -0.3 is 24.8 Å². The van der Waals surface area contributed by atoms with Crippen molar-refractivity contribution < 1.29 is 24.2 Å². The molecule has 7 heteroatoms. The smallest absolute Gasteiger partial charge is 0.317 e. The van der Waals surface area contributed by atoms with E-state index in [1.807, 2.05) is 6.07 Å². The van der Waals surface area contributed by atoms with E-state index in [1.54, 1.807) is 19.2 Å². The predicted molar refractivity (Wildman–Crippen MR) is 69.7 cm³/mol. The molecule has 2 N–H and O–H groups in total. The van der Waals surface area contributed by atoms with Crippen LogP contribution in [0.1, 0.15) is 12.0 Å². The number of amides is 2. The van der Waals surface area contributed by atoms with Crippen LogP contribution in [0.15, 0.2) is 18.2 Å². The molecule has 1 aromatic rings. The minimum absolute atomic E-state index is 0.0755. The Morgan fingerprint density at radius 2 is 2.10 bits per heavy atom. The first-order valence-corrected chi connectivity index (χ1v) is 6.15. The Hall–Kier alpha value is -2.44. The molecule has 7 nitrogen and oxygen atoms in total. The minimum atomic E-state index is -0.930. The van der Waals surface area contributed by atoms with E-state index < -0.39 is 5.97 Å². The number of nitrogens with zero attached hydrogens (tertiary/aromatic N) is 1. The second kappa shape index (κ2) is 6.14. The van der Waals surface area contributed by atoms with Crippen LogP contribution < -0.4 is 14.8 Å². The second-order valence-corrected chi connectivity index (χ2v) is 4.41. The van der Waals surface area contributed by atoms with Crippen molar-refractivity contribution in [1.82, 2.24) is 10.2 Å². The summed E-state index contributed by atoms with van der Waals surface area (Å²) in [5.41, 5.74) is 0.884.